The van der Waals surface area contributed by atoms with Crippen LogP contribution in [-0.2, 0) is 4.79 Å². The quantitative estimate of drug-likeness (QED) is 0.347. The molecule has 0 N–H and O–H groups in total. The van der Waals surface area contributed by atoms with Crippen LogP contribution in [0.1, 0.15) is 77.2 Å². The van der Waals surface area contributed by atoms with Gasteiger partial charge in [-0.15, -0.1) is 0 Å². The maximum Gasteiger partial charge on any atom is 0.266 e. The monoisotopic (exact) mass is 447 g/mol. The van der Waals surface area contributed by atoms with Gasteiger partial charge in [0.1, 0.15) is 5.82 Å². The van der Waals surface area contributed by atoms with Crippen LogP contribution in [-0.4, -0.2) is 26.9 Å². The molecule has 5 heteroatoms. The summed E-state index contributed by atoms with van der Waals surface area (Å²) >= 11 is 0. The summed E-state index contributed by atoms with van der Waals surface area (Å²) in [4.78, 5) is 33.9. The number of fused-ring (bicyclic) bond motifs is 1. The molecule has 3 aromatic rings. The summed E-state index contributed by atoms with van der Waals surface area (Å²) in [5.74, 6) is 1.05. The lowest BCUT2D eigenvalue weighted by molar-refractivity contribution is -0.134. The van der Waals surface area contributed by atoms with Crippen molar-refractivity contribution in [2.45, 2.75) is 72.8 Å². The summed E-state index contributed by atoms with van der Waals surface area (Å²) < 4.78 is 1.71. The molecule has 0 saturated heterocycles. The molecule has 5 nitrogen and oxygen atoms in total. The average Bonchev–Trinajstić information content (AvgIpc) is 2.80. The second-order valence-electron chi connectivity index (χ2n) is 9.34. The Bertz CT molecular complexity index is 1150. The third kappa shape index (κ3) is 5.70. The van der Waals surface area contributed by atoms with Gasteiger partial charge in [-0.1, -0.05) is 70.4 Å². The molecular weight excluding hydrogens is 410 g/mol. The first-order chi connectivity index (χ1) is 15.8. The first-order valence-electron chi connectivity index (χ1n) is 12.2. The van der Waals surface area contributed by atoms with Gasteiger partial charge in [0.25, 0.3) is 5.56 Å². The van der Waals surface area contributed by atoms with Crippen LogP contribution in [0.5, 0.6) is 0 Å². The third-order valence-corrected chi connectivity index (χ3v) is 6.13. The van der Waals surface area contributed by atoms with Gasteiger partial charge in [-0.05, 0) is 49.9 Å². The maximum atomic E-state index is 13.7. The molecule has 0 aliphatic heterocycles. The first-order valence-corrected chi connectivity index (χ1v) is 12.2. The van der Waals surface area contributed by atoms with E-state index in [0.29, 0.717) is 35.6 Å². The minimum atomic E-state index is -0.331. The van der Waals surface area contributed by atoms with Crippen molar-refractivity contribution in [2.24, 2.45) is 5.92 Å². The van der Waals surface area contributed by atoms with Gasteiger partial charge in [0.15, 0.2) is 0 Å². The summed E-state index contributed by atoms with van der Waals surface area (Å²) in [5, 5.41) is 0.581. The minimum absolute atomic E-state index is 0.100. The molecule has 1 heterocycles. The molecule has 33 heavy (non-hydrogen) atoms. The van der Waals surface area contributed by atoms with Crippen molar-refractivity contribution >= 4 is 16.8 Å². The van der Waals surface area contributed by atoms with Gasteiger partial charge < -0.3 is 4.90 Å². The summed E-state index contributed by atoms with van der Waals surface area (Å²) in [5.41, 5.74) is 2.36. The number of aromatic nitrogens is 2. The highest BCUT2D eigenvalue weighted by atomic mass is 16.2. The van der Waals surface area contributed by atoms with Crippen LogP contribution in [0.4, 0.5) is 0 Å². The molecule has 0 aliphatic rings. The van der Waals surface area contributed by atoms with Gasteiger partial charge in [0, 0.05) is 13.0 Å². The van der Waals surface area contributed by atoms with Crippen LogP contribution in [0.2, 0.25) is 0 Å². The second-order valence-corrected chi connectivity index (χ2v) is 9.34. The Morgan fingerprint density at radius 1 is 1.00 bits per heavy atom. The van der Waals surface area contributed by atoms with Gasteiger partial charge in [-0.3, -0.25) is 14.2 Å². The number of para-hydroxylation sites is 2. The lowest BCUT2D eigenvalue weighted by Gasteiger charge is -2.32. The molecule has 0 aliphatic carbocycles. The molecule has 1 unspecified atom stereocenters. The average molecular weight is 448 g/mol. The third-order valence-electron chi connectivity index (χ3n) is 6.13. The molecular formula is C28H37N3O2. The van der Waals surface area contributed by atoms with Gasteiger partial charge in [-0.25, -0.2) is 4.98 Å². The Morgan fingerprint density at radius 2 is 1.70 bits per heavy atom. The lowest BCUT2D eigenvalue weighted by Crippen LogP contribution is -2.39. The number of carbonyl (C=O) groups is 1. The highest BCUT2D eigenvalue weighted by Crippen LogP contribution is 2.26. The zero-order chi connectivity index (χ0) is 24.0. The SMILES string of the molecule is CCCCCCC(=O)N(CC(C)C)C(C)c1nc2ccccc2c(=O)n1-c1ccccc1C. The van der Waals surface area contributed by atoms with Crippen molar-refractivity contribution < 1.29 is 4.79 Å². The summed E-state index contributed by atoms with van der Waals surface area (Å²) in [6, 6.07) is 15.0. The Kier molecular flexibility index (Phi) is 8.43. The second kappa shape index (κ2) is 11.3. The molecule has 0 fully saturated rings. The van der Waals surface area contributed by atoms with Crippen LogP contribution in [0.25, 0.3) is 16.6 Å². The van der Waals surface area contributed by atoms with Crippen LogP contribution >= 0.6 is 0 Å². The van der Waals surface area contributed by atoms with Crippen LogP contribution in [0.15, 0.2) is 53.3 Å². The van der Waals surface area contributed by atoms with E-state index in [2.05, 4.69) is 20.8 Å². The van der Waals surface area contributed by atoms with Gasteiger partial charge in [0.2, 0.25) is 5.91 Å². The summed E-state index contributed by atoms with van der Waals surface area (Å²) in [6.07, 6.45) is 4.77. The number of aryl methyl sites for hydroxylation is 1. The number of carbonyl (C=O) groups excluding carboxylic acids is 1. The Balaban J connectivity index is 2.12. The van der Waals surface area contributed by atoms with E-state index >= 15 is 0 Å². The predicted octanol–water partition coefficient (Wildman–Crippen LogP) is 6.21. The van der Waals surface area contributed by atoms with Crippen molar-refractivity contribution in [3.8, 4) is 5.69 Å². The molecule has 0 bridgehead atoms. The predicted molar refractivity (Wildman–Crippen MR) is 136 cm³/mol. The van der Waals surface area contributed by atoms with E-state index in [0.717, 1.165) is 36.9 Å². The maximum absolute atomic E-state index is 13.7. The topological polar surface area (TPSA) is 55.2 Å². The van der Waals surface area contributed by atoms with Gasteiger partial charge in [0.05, 0.1) is 22.6 Å². The van der Waals surface area contributed by atoms with E-state index in [9.17, 15) is 9.59 Å². The molecule has 1 amide bonds. The normalized spacial score (nSPS) is 12.3. The summed E-state index contributed by atoms with van der Waals surface area (Å²) in [6.45, 7) is 11.0. The fourth-order valence-corrected chi connectivity index (χ4v) is 4.33. The number of nitrogens with zero attached hydrogens (tertiary/aromatic N) is 3. The molecule has 1 aromatic heterocycles. The molecule has 3 rings (SSSR count). The van der Waals surface area contributed by atoms with E-state index in [1.807, 2.05) is 67.3 Å². The van der Waals surface area contributed by atoms with Crippen molar-refractivity contribution in [3.05, 3.63) is 70.3 Å². The molecule has 2 aromatic carbocycles. The first kappa shape index (κ1) is 24.7. The number of benzene rings is 2. The molecule has 1 atom stereocenters. The van der Waals surface area contributed by atoms with Crippen LogP contribution < -0.4 is 5.56 Å². The zero-order valence-corrected chi connectivity index (χ0v) is 20.7. The zero-order valence-electron chi connectivity index (χ0n) is 20.7. The van der Waals surface area contributed by atoms with E-state index in [-0.39, 0.29) is 17.5 Å². The van der Waals surface area contributed by atoms with Gasteiger partial charge in [-0.2, -0.15) is 0 Å². The van der Waals surface area contributed by atoms with E-state index in [1.54, 1.807) is 4.57 Å². The highest BCUT2D eigenvalue weighted by molar-refractivity contribution is 5.79. The Morgan fingerprint density at radius 3 is 2.39 bits per heavy atom. The number of unbranched alkanes of at least 4 members (excludes halogenated alkanes) is 3. The fraction of sp³-hybridized carbons (Fsp3) is 0.464. The van der Waals surface area contributed by atoms with E-state index < -0.39 is 0 Å². The van der Waals surface area contributed by atoms with Crippen molar-refractivity contribution in [3.63, 3.8) is 0 Å². The van der Waals surface area contributed by atoms with Crippen molar-refractivity contribution in [1.29, 1.82) is 0 Å². The molecule has 176 valence electrons. The number of hydrogen-bond acceptors (Lipinski definition) is 3. The number of hydrogen-bond donors (Lipinski definition) is 0. The lowest BCUT2D eigenvalue weighted by atomic mass is 10.1. The molecule has 0 radical (unpaired) electrons. The summed E-state index contributed by atoms with van der Waals surface area (Å²) in [7, 11) is 0. The molecule has 0 saturated carbocycles. The Hall–Kier alpha value is -2.95. The fourth-order valence-electron chi connectivity index (χ4n) is 4.33. The number of rotatable bonds is 10. The minimum Gasteiger partial charge on any atom is -0.333 e. The van der Waals surface area contributed by atoms with Crippen molar-refractivity contribution in [2.75, 3.05) is 6.54 Å². The van der Waals surface area contributed by atoms with Crippen LogP contribution in [0.3, 0.4) is 0 Å². The highest BCUT2D eigenvalue weighted by Gasteiger charge is 2.27. The van der Waals surface area contributed by atoms with Gasteiger partial charge >= 0.3 is 0 Å². The standard InChI is InChI=1S/C28H37N3O2/c1-6-7-8-9-18-26(32)30(19-20(2)3)22(5)27-29-24-16-12-11-15-23(24)28(33)31(27)25-17-13-10-14-21(25)4/h10-17,20,22H,6-9,18-19H2,1-5H3. The Labute approximate surface area is 197 Å². The van der Waals surface area contributed by atoms with E-state index in [1.165, 1.54) is 0 Å². The van der Waals surface area contributed by atoms with Crippen molar-refractivity contribution in [1.82, 2.24) is 14.5 Å². The van der Waals surface area contributed by atoms with E-state index in [4.69, 9.17) is 4.98 Å². The largest absolute Gasteiger partial charge is 0.333 e. The van der Waals surface area contributed by atoms with Crippen LogP contribution in [0, 0.1) is 12.8 Å². The smallest absolute Gasteiger partial charge is 0.266 e. The molecule has 0 spiro atoms. The number of amides is 1.